The molecule has 3 nitrogen and oxygen atoms in total. The van der Waals surface area contributed by atoms with Crippen molar-refractivity contribution < 1.29 is 14.6 Å². The summed E-state index contributed by atoms with van der Waals surface area (Å²) in [6.07, 6.45) is 6.07. The summed E-state index contributed by atoms with van der Waals surface area (Å²) in [5, 5.41) is 8.89. The molecule has 0 aliphatic carbocycles. The third kappa shape index (κ3) is 4.55. The van der Waals surface area contributed by atoms with Gasteiger partial charge in [0.2, 0.25) is 0 Å². The third-order valence-corrected chi connectivity index (χ3v) is 3.62. The van der Waals surface area contributed by atoms with E-state index in [0.29, 0.717) is 5.75 Å². The molecule has 0 aliphatic heterocycles. The first-order chi connectivity index (χ1) is 9.63. The molecule has 0 saturated heterocycles. The molecule has 3 heteroatoms. The molecule has 0 spiro atoms. The number of carboxylic acid groups (broad SMARTS) is 1. The molecule has 0 atom stereocenters. The van der Waals surface area contributed by atoms with Gasteiger partial charge in [0, 0.05) is 0 Å². The van der Waals surface area contributed by atoms with Crippen LogP contribution < -0.4 is 4.74 Å². The van der Waals surface area contributed by atoms with Gasteiger partial charge in [-0.05, 0) is 54.9 Å². The van der Waals surface area contributed by atoms with Crippen LogP contribution in [0.15, 0.2) is 12.1 Å². The largest absolute Gasteiger partial charge is 0.511 e. The third-order valence-electron chi connectivity index (χ3n) is 3.62. The van der Waals surface area contributed by atoms with Gasteiger partial charge in [0.1, 0.15) is 5.75 Å². The van der Waals surface area contributed by atoms with Gasteiger partial charge in [-0.2, -0.15) is 0 Å². The molecule has 1 aromatic carbocycles. The van der Waals surface area contributed by atoms with Crippen molar-refractivity contribution in [3.8, 4) is 5.75 Å². The van der Waals surface area contributed by atoms with E-state index in [1.165, 1.54) is 11.1 Å². The molecule has 112 valence electrons. The van der Waals surface area contributed by atoms with Gasteiger partial charge in [-0.15, -0.1) is 0 Å². The summed E-state index contributed by atoms with van der Waals surface area (Å²) in [7, 11) is 0. The zero-order valence-electron chi connectivity index (χ0n) is 12.9. The highest BCUT2D eigenvalue weighted by Crippen LogP contribution is 2.29. The summed E-state index contributed by atoms with van der Waals surface area (Å²) in [6, 6.07) is 3.83. The fraction of sp³-hybridized carbons (Fsp3) is 0.588. The first-order valence-electron chi connectivity index (χ1n) is 7.68. The standard InChI is InChI=1S/C17H26O3/c1-4-7-9-14-13(6-3)11-12-16(20-17(18)19)15(14)10-8-5-2/h11-12H,4-10H2,1-3H3,(H,18,19). The Morgan fingerprint density at radius 3 is 2.15 bits per heavy atom. The van der Waals surface area contributed by atoms with Gasteiger partial charge < -0.3 is 9.84 Å². The SMILES string of the molecule is CCCCc1c(CC)ccc(OC(=O)O)c1CCCC. The minimum atomic E-state index is -1.23. The van der Waals surface area contributed by atoms with Gasteiger partial charge in [-0.3, -0.25) is 0 Å². The molecule has 1 rings (SSSR count). The molecule has 0 aliphatic rings. The van der Waals surface area contributed by atoms with E-state index >= 15 is 0 Å². The molecule has 20 heavy (non-hydrogen) atoms. The summed E-state index contributed by atoms with van der Waals surface area (Å²) >= 11 is 0. The van der Waals surface area contributed by atoms with Crippen molar-refractivity contribution in [3.63, 3.8) is 0 Å². The van der Waals surface area contributed by atoms with Crippen LogP contribution in [0.2, 0.25) is 0 Å². The fourth-order valence-corrected chi connectivity index (χ4v) is 2.53. The number of unbranched alkanes of at least 4 members (excludes halogenated alkanes) is 2. The number of rotatable bonds is 8. The second-order valence-electron chi connectivity index (χ2n) is 5.11. The van der Waals surface area contributed by atoms with Crippen molar-refractivity contribution in [2.24, 2.45) is 0 Å². The fourth-order valence-electron chi connectivity index (χ4n) is 2.53. The number of hydrogen-bond donors (Lipinski definition) is 1. The Kier molecular flexibility index (Phi) is 7.13. The number of ether oxygens (including phenoxy) is 1. The van der Waals surface area contributed by atoms with Gasteiger partial charge in [0.25, 0.3) is 0 Å². The van der Waals surface area contributed by atoms with E-state index < -0.39 is 6.16 Å². The molecule has 0 saturated carbocycles. The second kappa shape index (κ2) is 8.62. The van der Waals surface area contributed by atoms with Crippen molar-refractivity contribution in [2.75, 3.05) is 0 Å². The van der Waals surface area contributed by atoms with Crippen LogP contribution in [0.25, 0.3) is 0 Å². The molecular formula is C17H26O3. The van der Waals surface area contributed by atoms with Crippen LogP contribution in [-0.2, 0) is 19.3 Å². The Morgan fingerprint density at radius 1 is 1.05 bits per heavy atom. The van der Waals surface area contributed by atoms with E-state index in [0.717, 1.165) is 50.5 Å². The predicted molar refractivity (Wildman–Crippen MR) is 81.7 cm³/mol. The smallest absolute Gasteiger partial charge is 0.449 e. The van der Waals surface area contributed by atoms with Gasteiger partial charge in [0.15, 0.2) is 0 Å². The van der Waals surface area contributed by atoms with Crippen LogP contribution in [0.3, 0.4) is 0 Å². The van der Waals surface area contributed by atoms with Crippen LogP contribution in [0, 0.1) is 0 Å². The molecule has 0 aromatic heterocycles. The molecule has 0 radical (unpaired) electrons. The highest BCUT2D eigenvalue weighted by atomic mass is 16.7. The Bertz CT molecular complexity index is 438. The van der Waals surface area contributed by atoms with Gasteiger partial charge in [-0.1, -0.05) is 39.7 Å². The van der Waals surface area contributed by atoms with E-state index in [1.54, 1.807) is 0 Å². The Balaban J connectivity index is 3.19. The lowest BCUT2D eigenvalue weighted by Gasteiger charge is -2.17. The summed E-state index contributed by atoms with van der Waals surface area (Å²) in [6.45, 7) is 6.47. The van der Waals surface area contributed by atoms with E-state index in [9.17, 15) is 4.79 Å². The molecule has 1 N–H and O–H groups in total. The predicted octanol–water partition coefficient (Wildman–Crippen LogP) is 4.99. The van der Waals surface area contributed by atoms with E-state index in [1.807, 2.05) is 12.1 Å². The quantitative estimate of drug-likeness (QED) is 0.538. The lowest BCUT2D eigenvalue weighted by molar-refractivity contribution is 0.144. The van der Waals surface area contributed by atoms with E-state index in [2.05, 4.69) is 20.8 Å². The van der Waals surface area contributed by atoms with Gasteiger partial charge in [-0.25, -0.2) is 4.79 Å². The van der Waals surface area contributed by atoms with Crippen molar-refractivity contribution >= 4 is 6.16 Å². The van der Waals surface area contributed by atoms with Gasteiger partial charge >= 0.3 is 6.16 Å². The maximum absolute atomic E-state index is 10.9. The molecule has 0 fully saturated rings. The summed E-state index contributed by atoms with van der Waals surface area (Å²) < 4.78 is 4.98. The van der Waals surface area contributed by atoms with Gasteiger partial charge in [0.05, 0.1) is 0 Å². The molecule has 0 bridgehead atoms. The van der Waals surface area contributed by atoms with Crippen molar-refractivity contribution in [1.82, 2.24) is 0 Å². The van der Waals surface area contributed by atoms with Crippen LogP contribution in [0.1, 0.15) is 63.1 Å². The first-order valence-corrected chi connectivity index (χ1v) is 7.68. The number of hydrogen-bond acceptors (Lipinski definition) is 2. The number of aryl methyl sites for hydroxylation is 1. The monoisotopic (exact) mass is 278 g/mol. The minimum absolute atomic E-state index is 0.522. The van der Waals surface area contributed by atoms with E-state index in [4.69, 9.17) is 9.84 Å². The van der Waals surface area contributed by atoms with Crippen molar-refractivity contribution in [2.45, 2.75) is 65.7 Å². The number of benzene rings is 1. The summed E-state index contributed by atoms with van der Waals surface area (Å²) in [5.41, 5.74) is 3.73. The molecule has 0 unspecified atom stereocenters. The highest BCUT2D eigenvalue weighted by Gasteiger charge is 2.15. The Morgan fingerprint density at radius 2 is 1.65 bits per heavy atom. The van der Waals surface area contributed by atoms with Crippen molar-refractivity contribution in [1.29, 1.82) is 0 Å². The topological polar surface area (TPSA) is 46.5 Å². The average Bonchev–Trinajstić information content (AvgIpc) is 2.43. The Hall–Kier alpha value is -1.51. The van der Waals surface area contributed by atoms with Crippen LogP contribution in [-0.4, -0.2) is 11.3 Å². The zero-order valence-corrected chi connectivity index (χ0v) is 12.9. The van der Waals surface area contributed by atoms with Crippen LogP contribution >= 0.6 is 0 Å². The normalized spacial score (nSPS) is 10.6. The van der Waals surface area contributed by atoms with Crippen LogP contribution in [0.4, 0.5) is 4.79 Å². The van der Waals surface area contributed by atoms with Crippen molar-refractivity contribution in [3.05, 3.63) is 28.8 Å². The lowest BCUT2D eigenvalue weighted by atomic mass is 9.91. The minimum Gasteiger partial charge on any atom is -0.449 e. The molecule has 0 heterocycles. The Labute approximate surface area is 122 Å². The lowest BCUT2D eigenvalue weighted by Crippen LogP contribution is -2.09. The number of carbonyl (C=O) groups is 1. The second-order valence-corrected chi connectivity index (χ2v) is 5.11. The summed E-state index contributed by atoms with van der Waals surface area (Å²) in [5.74, 6) is 0.522. The average molecular weight is 278 g/mol. The zero-order chi connectivity index (χ0) is 15.0. The maximum Gasteiger partial charge on any atom is 0.511 e. The summed E-state index contributed by atoms with van der Waals surface area (Å²) in [4.78, 5) is 10.9. The maximum atomic E-state index is 10.9. The highest BCUT2D eigenvalue weighted by molar-refractivity contribution is 5.63. The van der Waals surface area contributed by atoms with E-state index in [-0.39, 0.29) is 0 Å². The molecular weight excluding hydrogens is 252 g/mol. The molecule has 0 amide bonds. The molecule has 1 aromatic rings. The van der Waals surface area contributed by atoms with Crippen LogP contribution in [0.5, 0.6) is 5.75 Å². The first kappa shape index (κ1) is 16.5.